The van der Waals surface area contributed by atoms with Gasteiger partial charge in [-0.3, -0.25) is 0 Å². The lowest BCUT2D eigenvalue weighted by Gasteiger charge is -2.27. The highest BCUT2D eigenvalue weighted by atomic mass is 79.9. The molecule has 40 heavy (non-hydrogen) atoms. The van der Waals surface area contributed by atoms with E-state index in [2.05, 4.69) is 135 Å². The molecule has 2 aliphatic rings. The molecule has 1 N–H and O–H groups in total. The minimum Gasteiger partial charge on any atom is -0.361 e. The SMILES string of the molecule is Cc1c(C)c2c(c3c1CC[n+]1ccc(/C=C/c4c[nH]c5ccc(Br)cc45)cc1-3)-c1c3ccccc3cc[n+]1CC2. The van der Waals surface area contributed by atoms with Crippen LogP contribution in [-0.4, -0.2) is 4.98 Å². The molecule has 3 nitrogen and oxygen atoms in total. The van der Waals surface area contributed by atoms with Crippen molar-refractivity contribution in [3.63, 3.8) is 0 Å². The Bertz CT molecular complexity index is 2050. The van der Waals surface area contributed by atoms with Crippen LogP contribution in [0.3, 0.4) is 0 Å². The topological polar surface area (TPSA) is 23.5 Å². The lowest BCUT2D eigenvalue weighted by Crippen LogP contribution is -2.43. The third kappa shape index (κ3) is 3.55. The first-order chi connectivity index (χ1) is 19.6. The zero-order valence-electron chi connectivity index (χ0n) is 22.8. The highest BCUT2D eigenvalue weighted by Crippen LogP contribution is 2.44. The Morgan fingerprint density at radius 3 is 2.42 bits per heavy atom. The van der Waals surface area contributed by atoms with Crippen molar-refractivity contribution in [1.29, 1.82) is 0 Å². The average molecular weight is 585 g/mol. The molecule has 3 aromatic carbocycles. The van der Waals surface area contributed by atoms with Crippen molar-refractivity contribution >= 4 is 49.8 Å². The molecule has 5 heterocycles. The molecule has 0 amide bonds. The largest absolute Gasteiger partial charge is 0.361 e. The van der Waals surface area contributed by atoms with Gasteiger partial charge in [0.15, 0.2) is 25.5 Å². The number of halogens is 1. The Labute approximate surface area is 242 Å². The number of benzene rings is 3. The molecule has 0 fully saturated rings. The summed E-state index contributed by atoms with van der Waals surface area (Å²) in [6.07, 6.45) is 13.3. The van der Waals surface area contributed by atoms with E-state index in [0.717, 1.165) is 35.9 Å². The Morgan fingerprint density at radius 1 is 0.775 bits per heavy atom. The first kappa shape index (κ1) is 23.8. The van der Waals surface area contributed by atoms with Crippen molar-refractivity contribution in [3.8, 4) is 22.5 Å². The van der Waals surface area contributed by atoms with E-state index in [0.29, 0.717) is 0 Å². The van der Waals surface area contributed by atoms with Crippen LogP contribution in [-0.2, 0) is 25.9 Å². The van der Waals surface area contributed by atoms with Gasteiger partial charge in [0.25, 0.3) is 0 Å². The van der Waals surface area contributed by atoms with Gasteiger partial charge >= 0.3 is 0 Å². The predicted octanol–water partition coefficient (Wildman–Crippen LogP) is 7.89. The Balaban J connectivity index is 1.34. The fourth-order valence-corrected chi connectivity index (χ4v) is 7.34. The van der Waals surface area contributed by atoms with Crippen molar-refractivity contribution < 1.29 is 9.13 Å². The lowest BCUT2D eigenvalue weighted by atomic mass is 9.79. The number of aromatic nitrogens is 3. The van der Waals surface area contributed by atoms with Crippen LogP contribution in [0.15, 0.2) is 83.7 Å². The molecule has 0 saturated heterocycles. The molecule has 8 rings (SSSR count). The number of aromatic amines is 1. The monoisotopic (exact) mass is 583 g/mol. The van der Waals surface area contributed by atoms with Crippen molar-refractivity contribution in [2.24, 2.45) is 0 Å². The van der Waals surface area contributed by atoms with Crippen LogP contribution in [0, 0.1) is 13.8 Å². The zero-order chi connectivity index (χ0) is 27.0. The molecule has 0 aliphatic carbocycles. The van der Waals surface area contributed by atoms with Gasteiger partial charge in [-0.2, -0.15) is 9.13 Å². The van der Waals surface area contributed by atoms with E-state index >= 15 is 0 Å². The standard InChI is InChI=1S/C36H29BrN3/c1-22-23(2)29-14-18-40-16-12-25-5-3-4-6-30(25)36(40)35(29)34-28(22)13-17-39-15-11-24(19-33(34)39)7-8-26-21-38-32-10-9-27(37)20-31(26)32/h3-12,15-16,19-21H,13-14,17-18H2,1-2H3/q+1/p+1. The van der Waals surface area contributed by atoms with Crippen LogP contribution in [0.5, 0.6) is 0 Å². The summed E-state index contributed by atoms with van der Waals surface area (Å²) >= 11 is 3.63. The Kier molecular flexibility index (Phi) is 5.36. The third-order valence-corrected chi connectivity index (χ3v) is 9.64. The van der Waals surface area contributed by atoms with Crippen molar-refractivity contribution in [2.45, 2.75) is 39.8 Å². The van der Waals surface area contributed by atoms with Gasteiger partial charge in [0.1, 0.15) is 0 Å². The molecular formula is C36H30BrN3+2. The fourth-order valence-electron chi connectivity index (χ4n) is 6.98. The third-order valence-electron chi connectivity index (χ3n) is 9.15. The summed E-state index contributed by atoms with van der Waals surface area (Å²) in [7, 11) is 0. The van der Waals surface area contributed by atoms with Crippen LogP contribution in [0.1, 0.15) is 33.4 Å². The summed E-state index contributed by atoms with van der Waals surface area (Å²) in [4.78, 5) is 3.41. The Morgan fingerprint density at radius 2 is 1.55 bits per heavy atom. The van der Waals surface area contributed by atoms with Crippen molar-refractivity contribution in [1.82, 2.24) is 4.98 Å². The highest BCUT2D eigenvalue weighted by Gasteiger charge is 2.37. The summed E-state index contributed by atoms with van der Waals surface area (Å²) in [5.41, 5.74) is 15.1. The first-order valence-electron chi connectivity index (χ1n) is 14.1. The quantitative estimate of drug-likeness (QED) is 0.200. The van der Waals surface area contributed by atoms with Crippen LogP contribution in [0.25, 0.3) is 56.3 Å². The van der Waals surface area contributed by atoms with E-state index in [1.807, 2.05) is 0 Å². The average Bonchev–Trinajstić information content (AvgIpc) is 3.39. The summed E-state index contributed by atoms with van der Waals surface area (Å²) < 4.78 is 6.04. The van der Waals surface area contributed by atoms with Gasteiger partial charge in [0.2, 0.25) is 11.4 Å². The minimum absolute atomic E-state index is 1.01. The molecule has 0 radical (unpaired) electrons. The molecule has 0 spiro atoms. The molecular weight excluding hydrogens is 554 g/mol. The molecule has 3 aromatic heterocycles. The molecule has 0 atom stereocenters. The number of fused-ring (bicyclic) bond motifs is 10. The zero-order valence-corrected chi connectivity index (χ0v) is 24.3. The van der Waals surface area contributed by atoms with Crippen LogP contribution in [0.2, 0.25) is 0 Å². The number of hydrogen-bond donors (Lipinski definition) is 1. The normalized spacial score (nSPS) is 13.9. The second-order valence-electron chi connectivity index (χ2n) is 11.2. The molecule has 0 bridgehead atoms. The first-order valence-corrected chi connectivity index (χ1v) is 14.9. The molecule has 194 valence electrons. The van der Waals surface area contributed by atoms with E-state index in [9.17, 15) is 0 Å². The van der Waals surface area contributed by atoms with Crippen LogP contribution >= 0.6 is 15.9 Å². The molecule has 4 heteroatoms. The van der Waals surface area contributed by atoms with Gasteiger partial charge in [-0.25, -0.2) is 0 Å². The summed E-state index contributed by atoms with van der Waals surface area (Å²) in [6.45, 7) is 6.72. The number of aryl methyl sites for hydroxylation is 2. The van der Waals surface area contributed by atoms with E-state index < -0.39 is 0 Å². The van der Waals surface area contributed by atoms with Crippen molar-refractivity contribution in [3.05, 3.63) is 117 Å². The number of H-pyrrole nitrogens is 1. The molecule has 0 saturated carbocycles. The maximum absolute atomic E-state index is 3.63. The van der Waals surface area contributed by atoms with Gasteiger partial charge in [-0.15, -0.1) is 0 Å². The summed E-state index contributed by atoms with van der Waals surface area (Å²) in [6, 6.07) is 22.2. The number of pyridine rings is 2. The van der Waals surface area contributed by atoms with E-state index in [4.69, 9.17) is 0 Å². The van der Waals surface area contributed by atoms with E-state index in [-0.39, 0.29) is 0 Å². The molecule has 0 unspecified atom stereocenters. The van der Waals surface area contributed by atoms with Crippen LogP contribution < -0.4 is 9.13 Å². The molecule has 2 aliphatic heterocycles. The lowest BCUT2D eigenvalue weighted by molar-refractivity contribution is -0.689. The number of nitrogens with zero attached hydrogens (tertiary/aromatic N) is 2. The minimum atomic E-state index is 1.01. The maximum atomic E-state index is 3.63. The number of rotatable bonds is 2. The number of hydrogen-bond acceptors (Lipinski definition) is 0. The fraction of sp³-hybridized carbons (Fsp3) is 0.167. The van der Waals surface area contributed by atoms with Gasteiger partial charge < -0.3 is 4.98 Å². The Hall–Kier alpha value is -4.02. The molecule has 6 aromatic rings. The second kappa shape index (κ2) is 9.00. The van der Waals surface area contributed by atoms with Crippen molar-refractivity contribution in [2.75, 3.05) is 0 Å². The van der Waals surface area contributed by atoms with E-state index in [1.165, 1.54) is 72.1 Å². The van der Waals surface area contributed by atoms with Gasteiger partial charge in [-0.05, 0) is 76.9 Å². The van der Waals surface area contributed by atoms with E-state index in [1.54, 1.807) is 0 Å². The summed E-state index contributed by atoms with van der Waals surface area (Å²) in [5.74, 6) is 0. The van der Waals surface area contributed by atoms with Gasteiger partial charge in [0, 0.05) is 52.6 Å². The maximum Gasteiger partial charge on any atom is 0.221 e. The smallest absolute Gasteiger partial charge is 0.221 e. The van der Waals surface area contributed by atoms with Crippen LogP contribution in [0.4, 0.5) is 0 Å². The number of nitrogens with one attached hydrogen (secondary N) is 1. The predicted molar refractivity (Wildman–Crippen MR) is 167 cm³/mol. The second-order valence-corrected chi connectivity index (χ2v) is 12.1. The highest BCUT2D eigenvalue weighted by molar-refractivity contribution is 9.10. The summed E-state index contributed by atoms with van der Waals surface area (Å²) in [5, 5.41) is 3.87. The van der Waals surface area contributed by atoms with Gasteiger partial charge in [0.05, 0.1) is 16.5 Å². The van der Waals surface area contributed by atoms with Gasteiger partial charge in [-0.1, -0.05) is 46.3 Å².